The maximum atomic E-state index is 11.7. The molecule has 1 saturated carbocycles. The normalized spacial score (nSPS) is 31.6. The van der Waals surface area contributed by atoms with E-state index in [4.69, 9.17) is 4.74 Å². The molecule has 1 heterocycles. The molecule has 3 heteroatoms. The lowest BCUT2D eigenvalue weighted by atomic mass is 9.92. The lowest BCUT2D eigenvalue weighted by Gasteiger charge is -2.37. The number of methoxy groups -OCH3 is 1. The van der Waals surface area contributed by atoms with Gasteiger partial charge in [-0.3, -0.25) is 4.79 Å². The summed E-state index contributed by atoms with van der Waals surface area (Å²) in [7, 11) is 1.59. The highest BCUT2D eigenvalue weighted by atomic mass is 16.5. The van der Waals surface area contributed by atoms with Gasteiger partial charge in [-0.1, -0.05) is 6.42 Å². The van der Waals surface area contributed by atoms with Gasteiger partial charge in [-0.25, -0.2) is 0 Å². The molecule has 1 aliphatic carbocycles. The van der Waals surface area contributed by atoms with E-state index >= 15 is 0 Å². The summed E-state index contributed by atoms with van der Waals surface area (Å²) >= 11 is 0. The van der Waals surface area contributed by atoms with Crippen molar-refractivity contribution in [3.05, 3.63) is 0 Å². The summed E-state index contributed by atoms with van der Waals surface area (Å²) in [5.41, 5.74) is 0. The molecule has 1 amide bonds. The number of carbonyl (C=O) groups is 1. The van der Waals surface area contributed by atoms with E-state index in [9.17, 15) is 4.79 Å². The smallest absolute Gasteiger partial charge is 0.248 e. The SMILES string of the molecule is COCC(=O)N1CCCC2CCCC21. The average molecular weight is 197 g/mol. The zero-order valence-corrected chi connectivity index (χ0v) is 8.87. The van der Waals surface area contributed by atoms with Crippen LogP contribution in [-0.2, 0) is 9.53 Å². The van der Waals surface area contributed by atoms with E-state index in [-0.39, 0.29) is 12.5 Å². The minimum Gasteiger partial charge on any atom is -0.375 e. The average Bonchev–Trinajstić information content (AvgIpc) is 2.65. The Morgan fingerprint density at radius 1 is 1.36 bits per heavy atom. The molecule has 0 aromatic heterocycles. The second-order valence-electron chi connectivity index (χ2n) is 4.42. The van der Waals surface area contributed by atoms with Crippen LogP contribution < -0.4 is 0 Å². The second-order valence-corrected chi connectivity index (χ2v) is 4.42. The minimum atomic E-state index is 0.184. The summed E-state index contributed by atoms with van der Waals surface area (Å²) < 4.78 is 4.91. The number of carbonyl (C=O) groups excluding carboxylic acids is 1. The van der Waals surface area contributed by atoms with Crippen LogP contribution >= 0.6 is 0 Å². The van der Waals surface area contributed by atoms with Crippen LogP contribution in [0.25, 0.3) is 0 Å². The Hall–Kier alpha value is -0.570. The third kappa shape index (κ3) is 1.78. The van der Waals surface area contributed by atoms with Crippen LogP contribution in [0.5, 0.6) is 0 Å². The van der Waals surface area contributed by atoms with Crippen LogP contribution in [-0.4, -0.2) is 37.1 Å². The van der Waals surface area contributed by atoms with Gasteiger partial charge in [0.25, 0.3) is 0 Å². The molecular formula is C11H19NO2. The molecule has 2 unspecified atom stereocenters. The molecule has 80 valence electrons. The van der Waals surface area contributed by atoms with Gasteiger partial charge < -0.3 is 9.64 Å². The number of hydrogen-bond acceptors (Lipinski definition) is 2. The van der Waals surface area contributed by atoms with Gasteiger partial charge >= 0.3 is 0 Å². The third-order valence-corrected chi connectivity index (χ3v) is 3.58. The first-order valence-electron chi connectivity index (χ1n) is 5.61. The molecule has 0 bridgehead atoms. The Labute approximate surface area is 85.4 Å². The van der Waals surface area contributed by atoms with Crippen molar-refractivity contribution < 1.29 is 9.53 Å². The Morgan fingerprint density at radius 3 is 2.93 bits per heavy atom. The molecule has 0 spiro atoms. The lowest BCUT2D eigenvalue weighted by molar-refractivity contribution is -0.139. The molecule has 0 radical (unpaired) electrons. The highest BCUT2D eigenvalue weighted by Gasteiger charge is 2.36. The topological polar surface area (TPSA) is 29.5 Å². The first-order chi connectivity index (χ1) is 6.83. The standard InChI is InChI=1S/C11H19NO2/c1-14-8-11(13)12-7-3-5-9-4-2-6-10(9)12/h9-10H,2-8H2,1H3. The maximum absolute atomic E-state index is 11.7. The first-order valence-corrected chi connectivity index (χ1v) is 5.61. The lowest BCUT2D eigenvalue weighted by Crippen LogP contribution is -2.47. The van der Waals surface area contributed by atoms with Crippen molar-refractivity contribution in [2.24, 2.45) is 5.92 Å². The van der Waals surface area contributed by atoms with Crippen LogP contribution in [0.3, 0.4) is 0 Å². The van der Waals surface area contributed by atoms with Gasteiger partial charge in [-0.2, -0.15) is 0 Å². The molecule has 2 fully saturated rings. The number of fused-ring (bicyclic) bond motifs is 1. The highest BCUT2D eigenvalue weighted by molar-refractivity contribution is 5.78. The number of nitrogens with zero attached hydrogens (tertiary/aromatic N) is 1. The molecular weight excluding hydrogens is 178 g/mol. The maximum Gasteiger partial charge on any atom is 0.248 e. The summed E-state index contributed by atoms with van der Waals surface area (Å²) in [5.74, 6) is 0.966. The number of rotatable bonds is 2. The molecule has 3 nitrogen and oxygen atoms in total. The number of hydrogen-bond donors (Lipinski definition) is 0. The Kier molecular flexibility index (Phi) is 3.06. The van der Waals surface area contributed by atoms with Crippen molar-refractivity contribution in [1.82, 2.24) is 4.90 Å². The number of likely N-dealkylation sites (tertiary alicyclic amines) is 1. The van der Waals surface area contributed by atoms with Crippen LogP contribution in [0.15, 0.2) is 0 Å². The van der Waals surface area contributed by atoms with E-state index in [1.54, 1.807) is 7.11 Å². The largest absolute Gasteiger partial charge is 0.375 e. The van der Waals surface area contributed by atoms with Gasteiger partial charge in [0.1, 0.15) is 6.61 Å². The van der Waals surface area contributed by atoms with E-state index in [2.05, 4.69) is 4.90 Å². The van der Waals surface area contributed by atoms with Gasteiger partial charge in [0.15, 0.2) is 0 Å². The summed E-state index contributed by atoms with van der Waals surface area (Å²) in [4.78, 5) is 13.8. The molecule has 2 aliphatic rings. The molecule has 1 aliphatic heterocycles. The van der Waals surface area contributed by atoms with E-state index in [0.717, 1.165) is 12.5 Å². The molecule has 0 aromatic rings. The van der Waals surface area contributed by atoms with Crippen molar-refractivity contribution in [1.29, 1.82) is 0 Å². The molecule has 14 heavy (non-hydrogen) atoms. The van der Waals surface area contributed by atoms with Crippen molar-refractivity contribution in [2.75, 3.05) is 20.3 Å². The molecule has 1 saturated heterocycles. The van der Waals surface area contributed by atoms with Crippen molar-refractivity contribution >= 4 is 5.91 Å². The Balaban J connectivity index is 1.99. The Morgan fingerprint density at radius 2 is 2.14 bits per heavy atom. The minimum absolute atomic E-state index is 0.184. The predicted octanol–water partition coefficient (Wildman–Crippen LogP) is 1.42. The van der Waals surface area contributed by atoms with E-state index < -0.39 is 0 Å². The van der Waals surface area contributed by atoms with Crippen molar-refractivity contribution in [2.45, 2.75) is 38.1 Å². The van der Waals surface area contributed by atoms with Gasteiger partial charge in [0, 0.05) is 19.7 Å². The van der Waals surface area contributed by atoms with Gasteiger partial charge in [0.05, 0.1) is 0 Å². The van der Waals surface area contributed by atoms with Crippen LogP contribution in [0, 0.1) is 5.92 Å². The van der Waals surface area contributed by atoms with Crippen molar-refractivity contribution in [3.63, 3.8) is 0 Å². The molecule has 2 rings (SSSR count). The van der Waals surface area contributed by atoms with Crippen LogP contribution in [0.4, 0.5) is 0 Å². The number of ether oxygens (including phenoxy) is 1. The highest BCUT2D eigenvalue weighted by Crippen LogP contribution is 2.36. The summed E-state index contributed by atoms with van der Waals surface area (Å²) in [5, 5.41) is 0. The van der Waals surface area contributed by atoms with E-state index in [0.29, 0.717) is 6.04 Å². The second kappa shape index (κ2) is 4.30. The molecule has 0 N–H and O–H groups in total. The zero-order chi connectivity index (χ0) is 9.97. The fourth-order valence-corrected chi connectivity index (χ4v) is 2.97. The van der Waals surface area contributed by atoms with Crippen LogP contribution in [0.2, 0.25) is 0 Å². The Bertz CT molecular complexity index is 217. The zero-order valence-electron chi connectivity index (χ0n) is 8.87. The summed E-state index contributed by atoms with van der Waals surface area (Å²) in [6, 6.07) is 0.534. The summed E-state index contributed by atoms with van der Waals surface area (Å²) in [6.07, 6.45) is 6.33. The molecule has 0 aromatic carbocycles. The number of piperidine rings is 1. The van der Waals surface area contributed by atoms with Gasteiger partial charge in [0.2, 0.25) is 5.91 Å². The fourth-order valence-electron chi connectivity index (χ4n) is 2.97. The van der Waals surface area contributed by atoms with E-state index in [1.807, 2.05) is 0 Å². The van der Waals surface area contributed by atoms with E-state index in [1.165, 1.54) is 32.1 Å². The van der Waals surface area contributed by atoms with Crippen molar-refractivity contribution in [3.8, 4) is 0 Å². The van der Waals surface area contributed by atoms with Gasteiger partial charge in [-0.05, 0) is 31.6 Å². The number of amides is 1. The summed E-state index contributed by atoms with van der Waals surface area (Å²) in [6.45, 7) is 1.20. The predicted molar refractivity (Wildman–Crippen MR) is 54.0 cm³/mol. The first kappa shape index (κ1) is 9.97. The fraction of sp³-hybridized carbons (Fsp3) is 0.909. The third-order valence-electron chi connectivity index (χ3n) is 3.58. The van der Waals surface area contributed by atoms with Crippen LogP contribution in [0.1, 0.15) is 32.1 Å². The molecule has 2 atom stereocenters. The monoisotopic (exact) mass is 197 g/mol. The van der Waals surface area contributed by atoms with Gasteiger partial charge in [-0.15, -0.1) is 0 Å². The quantitative estimate of drug-likeness (QED) is 0.670.